The lowest BCUT2D eigenvalue weighted by Gasteiger charge is -2.26. The van der Waals surface area contributed by atoms with Crippen LogP contribution in [0.5, 0.6) is 11.5 Å². The van der Waals surface area contributed by atoms with Crippen LogP contribution in [0, 0.1) is 5.92 Å². The van der Waals surface area contributed by atoms with Gasteiger partial charge in [-0.25, -0.2) is 4.79 Å². The number of ether oxygens (including phenoxy) is 2. The van der Waals surface area contributed by atoms with Gasteiger partial charge in [-0.05, 0) is 55.5 Å². The molecule has 196 valence electrons. The number of aryl methyl sites for hydroxylation is 1. The number of nitrogens with zero attached hydrogens (tertiary/aromatic N) is 3. The Hall–Kier alpha value is -3.53. The quantitative estimate of drug-likeness (QED) is 0.405. The number of hydrogen-bond donors (Lipinski definition) is 0. The molecular weight excluding hydrogens is 511 g/mol. The fourth-order valence-electron chi connectivity index (χ4n) is 4.26. The standard InChI is InChI=1S/C26H25ClF3N3O4/c1-3-13-33-22-21(24(34)32(2)25(33)35)14-17(10-7-16-8-11-18(27)12-9-16)23(31-22)36-19-5-4-6-20(15-19)37-26(28,29)30/h4-6,8-9,11-12,15,17H,3,7,10,13-14H2,1-2H3. The molecule has 1 aliphatic heterocycles. The molecule has 1 unspecified atom stereocenters. The molecule has 0 aliphatic carbocycles. The molecule has 1 aromatic heterocycles. The third-order valence-electron chi connectivity index (χ3n) is 6.03. The SMILES string of the molecule is CCCn1c2c(c(=O)n(C)c1=O)CC(CCc1ccc(Cl)cc1)C(Oc1cccc(OC(F)(F)F)c1)=N2. The molecule has 0 saturated carbocycles. The molecule has 2 aromatic carbocycles. The highest BCUT2D eigenvalue weighted by Crippen LogP contribution is 2.32. The molecule has 3 aromatic rings. The maximum absolute atomic E-state index is 13.0. The minimum absolute atomic E-state index is 0.0914. The summed E-state index contributed by atoms with van der Waals surface area (Å²) in [5, 5.41) is 0.610. The topological polar surface area (TPSA) is 74.8 Å². The van der Waals surface area contributed by atoms with Crippen LogP contribution in [0.4, 0.5) is 19.0 Å². The van der Waals surface area contributed by atoms with E-state index in [9.17, 15) is 22.8 Å². The highest BCUT2D eigenvalue weighted by atomic mass is 35.5. The summed E-state index contributed by atoms with van der Waals surface area (Å²) in [7, 11) is 1.43. The third-order valence-corrected chi connectivity index (χ3v) is 6.28. The lowest BCUT2D eigenvalue weighted by molar-refractivity contribution is -0.274. The van der Waals surface area contributed by atoms with Gasteiger partial charge in [0.05, 0.1) is 5.56 Å². The summed E-state index contributed by atoms with van der Waals surface area (Å²) in [5.74, 6) is -0.279. The predicted octanol–water partition coefficient (Wildman–Crippen LogP) is 5.42. The van der Waals surface area contributed by atoms with Crippen molar-refractivity contribution in [1.29, 1.82) is 0 Å². The predicted molar refractivity (Wildman–Crippen MR) is 134 cm³/mol. The van der Waals surface area contributed by atoms with Crippen molar-refractivity contribution in [3.63, 3.8) is 0 Å². The lowest BCUT2D eigenvalue weighted by atomic mass is 9.91. The monoisotopic (exact) mass is 535 g/mol. The first-order valence-electron chi connectivity index (χ1n) is 11.7. The molecule has 11 heteroatoms. The van der Waals surface area contributed by atoms with Crippen LogP contribution in [0.3, 0.4) is 0 Å². The summed E-state index contributed by atoms with van der Waals surface area (Å²) < 4.78 is 50.6. The molecule has 7 nitrogen and oxygen atoms in total. The van der Waals surface area contributed by atoms with Crippen molar-refractivity contribution in [3.8, 4) is 11.5 Å². The van der Waals surface area contributed by atoms with E-state index in [-0.39, 0.29) is 29.8 Å². The van der Waals surface area contributed by atoms with Gasteiger partial charge in [0.15, 0.2) is 5.90 Å². The Morgan fingerprint density at radius 3 is 2.49 bits per heavy atom. The van der Waals surface area contributed by atoms with Crippen molar-refractivity contribution in [2.24, 2.45) is 18.0 Å². The molecule has 0 N–H and O–H groups in total. The highest BCUT2D eigenvalue weighted by Gasteiger charge is 2.32. The average Bonchev–Trinajstić information content (AvgIpc) is 2.84. The largest absolute Gasteiger partial charge is 0.573 e. The van der Waals surface area contributed by atoms with Crippen LogP contribution in [-0.2, 0) is 26.4 Å². The fourth-order valence-corrected chi connectivity index (χ4v) is 4.39. The molecule has 1 aliphatic rings. The summed E-state index contributed by atoms with van der Waals surface area (Å²) in [4.78, 5) is 30.4. The van der Waals surface area contributed by atoms with Crippen LogP contribution >= 0.6 is 11.6 Å². The van der Waals surface area contributed by atoms with Gasteiger partial charge in [0.2, 0.25) is 0 Å². The van der Waals surface area contributed by atoms with Crippen molar-refractivity contribution >= 4 is 23.3 Å². The van der Waals surface area contributed by atoms with Gasteiger partial charge in [-0.1, -0.05) is 36.7 Å². The maximum Gasteiger partial charge on any atom is 0.573 e. The molecule has 0 radical (unpaired) electrons. The zero-order valence-electron chi connectivity index (χ0n) is 20.2. The van der Waals surface area contributed by atoms with E-state index in [1.807, 2.05) is 19.1 Å². The molecule has 0 amide bonds. The second-order valence-electron chi connectivity index (χ2n) is 8.74. The second kappa shape index (κ2) is 10.8. The van der Waals surface area contributed by atoms with Gasteiger partial charge in [0.25, 0.3) is 5.56 Å². The first-order chi connectivity index (χ1) is 17.6. The van der Waals surface area contributed by atoms with E-state index >= 15 is 0 Å². The van der Waals surface area contributed by atoms with Crippen LogP contribution < -0.4 is 20.7 Å². The van der Waals surface area contributed by atoms with Crippen LogP contribution in [0.25, 0.3) is 0 Å². The number of hydrogen-bond acceptors (Lipinski definition) is 5. The molecule has 0 bridgehead atoms. The molecular formula is C26H25ClF3N3O4. The Labute approximate surface area is 215 Å². The van der Waals surface area contributed by atoms with Gasteiger partial charge in [-0.15, -0.1) is 13.2 Å². The van der Waals surface area contributed by atoms with Crippen LogP contribution in [-0.4, -0.2) is 21.4 Å². The number of aliphatic imine (C=N–C) groups is 1. The number of aromatic nitrogens is 2. The number of benzene rings is 2. The van der Waals surface area contributed by atoms with Crippen molar-refractivity contribution in [2.45, 2.75) is 45.5 Å². The normalized spacial score (nSPS) is 15.2. The summed E-state index contributed by atoms with van der Waals surface area (Å²) in [6, 6.07) is 12.5. The molecule has 0 spiro atoms. The average molecular weight is 536 g/mol. The van der Waals surface area contributed by atoms with E-state index in [2.05, 4.69) is 9.73 Å². The van der Waals surface area contributed by atoms with Crippen LogP contribution in [0.15, 0.2) is 63.1 Å². The van der Waals surface area contributed by atoms with Crippen molar-refractivity contribution < 1.29 is 22.6 Å². The summed E-state index contributed by atoms with van der Waals surface area (Å²) in [6.07, 6.45) is -2.80. The summed E-state index contributed by atoms with van der Waals surface area (Å²) in [5.41, 5.74) is 0.498. The Morgan fingerprint density at radius 2 is 1.81 bits per heavy atom. The van der Waals surface area contributed by atoms with Crippen LogP contribution in [0.1, 0.15) is 30.9 Å². The Bertz CT molecular complexity index is 1430. The molecule has 2 heterocycles. The van der Waals surface area contributed by atoms with E-state index in [1.165, 1.54) is 29.8 Å². The van der Waals surface area contributed by atoms with Crippen molar-refractivity contribution in [3.05, 3.63) is 85.5 Å². The van der Waals surface area contributed by atoms with Gasteiger partial charge < -0.3 is 9.47 Å². The van der Waals surface area contributed by atoms with Crippen molar-refractivity contribution in [1.82, 2.24) is 9.13 Å². The van der Waals surface area contributed by atoms with E-state index in [0.29, 0.717) is 36.4 Å². The van der Waals surface area contributed by atoms with Crippen LogP contribution in [0.2, 0.25) is 5.02 Å². The third kappa shape index (κ3) is 6.25. The number of fused-ring (bicyclic) bond motifs is 1. The molecule has 0 saturated heterocycles. The molecule has 0 fully saturated rings. The molecule has 1 atom stereocenters. The van der Waals surface area contributed by atoms with Gasteiger partial charge in [0.1, 0.15) is 17.3 Å². The summed E-state index contributed by atoms with van der Waals surface area (Å²) in [6.45, 7) is 2.24. The van der Waals surface area contributed by atoms with Gasteiger partial charge in [-0.2, -0.15) is 4.99 Å². The van der Waals surface area contributed by atoms with Gasteiger partial charge in [0, 0.05) is 30.6 Å². The zero-order chi connectivity index (χ0) is 26.7. The Morgan fingerprint density at radius 1 is 1.11 bits per heavy atom. The number of halogens is 4. The number of rotatable bonds is 7. The van der Waals surface area contributed by atoms with E-state index in [0.717, 1.165) is 16.2 Å². The van der Waals surface area contributed by atoms with Gasteiger partial charge in [-0.3, -0.25) is 13.9 Å². The summed E-state index contributed by atoms with van der Waals surface area (Å²) >= 11 is 5.98. The lowest BCUT2D eigenvalue weighted by Crippen LogP contribution is -2.42. The van der Waals surface area contributed by atoms with E-state index in [4.69, 9.17) is 16.3 Å². The smallest absolute Gasteiger partial charge is 0.442 e. The Kier molecular flexibility index (Phi) is 7.77. The molecule has 4 rings (SSSR count). The van der Waals surface area contributed by atoms with E-state index < -0.39 is 23.4 Å². The fraction of sp³-hybridized carbons (Fsp3) is 0.346. The molecule has 37 heavy (non-hydrogen) atoms. The van der Waals surface area contributed by atoms with Crippen molar-refractivity contribution in [2.75, 3.05) is 0 Å². The van der Waals surface area contributed by atoms with E-state index in [1.54, 1.807) is 12.1 Å². The Balaban J connectivity index is 1.73. The highest BCUT2D eigenvalue weighted by molar-refractivity contribution is 6.30. The first kappa shape index (κ1) is 26.5. The van der Waals surface area contributed by atoms with Gasteiger partial charge >= 0.3 is 12.1 Å². The minimum Gasteiger partial charge on any atom is -0.442 e. The maximum atomic E-state index is 13.0. The first-order valence-corrected chi connectivity index (χ1v) is 12.1. The zero-order valence-corrected chi connectivity index (χ0v) is 21.0. The second-order valence-corrected chi connectivity index (χ2v) is 9.18. The number of alkyl halides is 3. The minimum atomic E-state index is -4.85.